The predicted molar refractivity (Wildman–Crippen MR) is 82.1 cm³/mol. The van der Waals surface area contributed by atoms with Gasteiger partial charge in [-0.05, 0) is 35.2 Å². The third-order valence-electron chi connectivity index (χ3n) is 3.87. The molecular formula is C16H16F2N2O2S. The van der Waals surface area contributed by atoms with Crippen LogP contribution in [0.1, 0.15) is 22.3 Å². The summed E-state index contributed by atoms with van der Waals surface area (Å²) in [6.45, 7) is 3.00. The average molecular weight is 338 g/mol. The van der Waals surface area contributed by atoms with Gasteiger partial charge in [0.15, 0.2) is 0 Å². The third kappa shape index (κ3) is 3.26. The highest BCUT2D eigenvalue weighted by Crippen LogP contribution is 2.20. The number of sulfonamides is 1. The second-order valence-electron chi connectivity index (χ2n) is 5.56. The van der Waals surface area contributed by atoms with E-state index in [9.17, 15) is 17.2 Å². The van der Waals surface area contributed by atoms with Crippen molar-refractivity contribution in [1.29, 1.82) is 0 Å². The number of halogens is 2. The van der Waals surface area contributed by atoms with Crippen molar-refractivity contribution in [2.75, 3.05) is 0 Å². The molecule has 1 aliphatic heterocycles. The van der Waals surface area contributed by atoms with E-state index >= 15 is 0 Å². The highest BCUT2D eigenvalue weighted by molar-refractivity contribution is 7.89. The average Bonchev–Trinajstić information content (AvgIpc) is 2.96. The maximum absolute atomic E-state index is 13.8. The molecule has 0 saturated carbocycles. The first-order chi connectivity index (χ1) is 10.9. The smallest absolute Gasteiger partial charge is 0.243 e. The third-order valence-corrected chi connectivity index (χ3v) is 5.29. The second-order valence-corrected chi connectivity index (χ2v) is 7.30. The zero-order chi connectivity index (χ0) is 16.6. The number of hydrogen-bond donors (Lipinski definition) is 2. The molecule has 2 aromatic carbocycles. The lowest BCUT2D eigenvalue weighted by Crippen LogP contribution is -2.24. The van der Waals surface area contributed by atoms with Crippen LogP contribution < -0.4 is 10.0 Å². The van der Waals surface area contributed by atoms with Gasteiger partial charge < -0.3 is 5.32 Å². The Labute approximate surface area is 133 Å². The minimum Gasteiger partial charge on any atom is -0.309 e. The first-order valence-corrected chi connectivity index (χ1v) is 8.62. The van der Waals surface area contributed by atoms with Gasteiger partial charge in [0.25, 0.3) is 0 Å². The van der Waals surface area contributed by atoms with Crippen LogP contribution in [0.2, 0.25) is 0 Å². The van der Waals surface area contributed by atoms with Crippen LogP contribution in [0.25, 0.3) is 0 Å². The predicted octanol–water partition coefficient (Wildman–Crippen LogP) is 2.35. The monoisotopic (exact) mass is 338 g/mol. The van der Waals surface area contributed by atoms with Gasteiger partial charge >= 0.3 is 0 Å². The summed E-state index contributed by atoms with van der Waals surface area (Å²) in [5, 5.41) is 3.21. The van der Waals surface area contributed by atoms with Crippen LogP contribution in [0.5, 0.6) is 0 Å². The molecule has 2 aromatic rings. The molecule has 0 unspecified atom stereocenters. The van der Waals surface area contributed by atoms with E-state index in [4.69, 9.17) is 0 Å². The van der Waals surface area contributed by atoms with E-state index in [1.165, 1.54) is 12.5 Å². The molecule has 0 aliphatic carbocycles. The van der Waals surface area contributed by atoms with Crippen molar-refractivity contribution in [3.05, 3.63) is 64.2 Å². The van der Waals surface area contributed by atoms with Gasteiger partial charge in [-0.1, -0.05) is 18.2 Å². The zero-order valence-corrected chi connectivity index (χ0v) is 13.3. The van der Waals surface area contributed by atoms with Crippen molar-refractivity contribution in [3.63, 3.8) is 0 Å². The topological polar surface area (TPSA) is 58.2 Å². The largest absolute Gasteiger partial charge is 0.309 e. The van der Waals surface area contributed by atoms with E-state index in [1.807, 2.05) is 18.2 Å². The highest BCUT2D eigenvalue weighted by atomic mass is 32.2. The van der Waals surface area contributed by atoms with E-state index in [2.05, 4.69) is 10.0 Å². The maximum atomic E-state index is 13.8. The van der Waals surface area contributed by atoms with Gasteiger partial charge in [0.05, 0.1) is 0 Å². The molecule has 122 valence electrons. The van der Waals surface area contributed by atoms with Crippen molar-refractivity contribution in [2.24, 2.45) is 0 Å². The first kappa shape index (κ1) is 16.0. The normalized spacial score (nSPS) is 14.0. The van der Waals surface area contributed by atoms with Gasteiger partial charge in [0.1, 0.15) is 16.5 Å². The van der Waals surface area contributed by atoms with Crippen molar-refractivity contribution in [2.45, 2.75) is 31.5 Å². The fraction of sp³-hybridized carbons (Fsp3) is 0.250. The van der Waals surface area contributed by atoms with Crippen molar-refractivity contribution in [1.82, 2.24) is 10.0 Å². The molecule has 0 radical (unpaired) electrons. The Hall–Kier alpha value is -1.83. The molecule has 0 bridgehead atoms. The lowest BCUT2D eigenvalue weighted by Gasteiger charge is -2.10. The van der Waals surface area contributed by atoms with Gasteiger partial charge in [-0.15, -0.1) is 0 Å². The standard InChI is InChI=1S/C16H16F2N2O2S/c1-10-4-16(15(18)6-14(10)17)23(21,22)20-7-11-2-3-12-8-19-9-13(12)5-11/h2-6,19-20H,7-9H2,1H3. The lowest BCUT2D eigenvalue weighted by molar-refractivity contribution is 0.540. The number of fused-ring (bicyclic) bond motifs is 1. The van der Waals surface area contributed by atoms with E-state index < -0.39 is 26.6 Å². The summed E-state index contributed by atoms with van der Waals surface area (Å²) in [6, 6.07) is 7.29. The molecule has 2 N–H and O–H groups in total. The SMILES string of the molecule is Cc1cc(S(=O)(=O)NCc2ccc3c(c2)CNC3)c(F)cc1F. The first-order valence-electron chi connectivity index (χ1n) is 7.13. The second kappa shape index (κ2) is 5.99. The summed E-state index contributed by atoms with van der Waals surface area (Å²) >= 11 is 0. The lowest BCUT2D eigenvalue weighted by atomic mass is 10.1. The molecule has 0 aromatic heterocycles. The van der Waals surface area contributed by atoms with Crippen LogP contribution in [0.4, 0.5) is 8.78 Å². The number of benzene rings is 2. The van der Waals surface area contributed by atoms with Gasteiger partial charge in [0.2, 0.25) is 10.0 Å². The maximum Gasteiger partial charge on any atom is 0.243 e. The molecular weight excluding hydrogens is 322 g/mol. The Morgan fingerprint density at radius 2 is 1.83 bits per heavy atom. The molecule has 7 heteroatoms. The van der Waals surface area contributed by atoms with Gasteiger partial charge in [-0.3, -0.25) is 0 Å². The number of aryl methyl sites for hydroxylation is 1. The molecule has 1 aliphatic rings. The fourth-order valence-electron chi connectivity index (χ4n) is 2.55. The van der Waals surface area contributed by atoms with Crippen molar-refractivity contribution < 1.29 is 17.2 Å². The Balaban J connectivity index is 1.81. The molecule has 0 fully saturated rings. The van der Waals surface area contributed by atoms with Crippen LogP contribution in [-0.2, 0) is 29.7 Å². The minimum absolute atomic E-state index is 0.0471. The summed E-state index contributed by atoms with van der Waals surface area (Å²) in [5.74, 6) is -1.87. The van der Waals surface area contributed by atoms with E-state index in [0.29, 0.717) is 6.07 Å². The Morgan fingerprint density at radius 3 is 2.61 bits per heavy atom. The van der Waals surface area contributed by atoms with Crippen LogP contribution >= 0.6 is 0 Å². The number of nitrogens with one attached hydrogen (secondary N) is 2. The molecule has 1 heterocycles. The van der Waals surface area contributed by atoms with Crippen LogP contribution in [0.15, 0.2) is 35.2 Å². The molecule has 23 heavy (non-hydrogen) atoms. The Morgan fingerprint density at radius 1 is 1.09 bits per heavy atom. The van der Waals surface area contributed by atoms with Gasteiger partial charge in [-0.2, -0.15) is 0 Å². The fourth-order valence-corrected chi connectivity index (χ4v) is 3.71. The molecule has 0 atom stereocenters. The van der Waals surface area contributed by atoms with Crippen molar-refractivity contribution >= 4 is 10.0 Å². The van der Waals surface area contributed by atoms with Gasteiger partial charge in [0, 0.05) is 25.7 Å². The van der Waals surface area contributed by atoms with Crippen LogP contribution in [0, 0.1) is 18.6 Å². The summed E-state index contributed by atoms with van der Waals surface area (Å²) in [7, 11) is -4.05. The number of hydrogen-bond acceptors (Lipinski definition) is 3. The molecule has 0 spiro atoms. The number of rotatable bonds is 4. The van der Waals surface area contributed by atoms with Crippen LogP contribution in [-0.4, -0.2) is 8.42 Å². The Bertz CT molecular complexity index is 867. The zero-order valence-electron chi connectivity index (χ0n) is 12.5. The van der Waals surface area contributed by atoms with Gasteiger partial charge in [-0.25, -0.2) is 21.9 Å². The molecule has 0 amide bonds. The molecule has 0 saturated heterocycles. The summed E-state index contributed by atoms with van der Waals surface area (Å²) in [4.78, 5) is -0.542. The molecule has 3 rings (SSSR count). The van der Waals surface area contributed by atoms with E-state index in [1.54, 1.807) is 0 Å². The van der Waals surface area contributed by atoms with Crippen LogP contribution in [0.3, 0.4) is 0 Å². The quantitative estimate of drug-likeness (QED) is 0.900. The van der Waals surface area contributed by atoms with Crippen molar-refractivity contribution in [3.8, 4) is 0 Å². The molecule has 4 nitrogen and oxygen atoms in total. The highest BCUT2D eigenvalue weighted by Gasteiger charge is 2.21. The van der Waals surface area contributed by atoms with E-state index in [-0.39, 0.29) is 12.1 Å². The van der Waals surface area contributed by atoms with E-state index in [0.717, 1.165) is 30.3 Å². The summed E-state index contributed by atoms with van der Waals surface area (Å²) in [6.07, 6.45) is 0. The summed E-state index contributed by atoms with van der Waals surface area (Å²) < 4.78 is 53.9. The summed E-state index contributed by atoms with van der Waals surface area (Å²) in [5.41, 5.74) is 3.19. The Kier molecular flexibility index (Phi) is 4.18. The minimum atomic E-state index is -4.05.